The van der Waals surface area contributed by atoms with E-state index in [2.05, 4.69) is 0 Å². The molecular weight excluding hydrogens is 904 g/mol. The van der Waals surface area contributed by atoms with Crippen LogP contribution in [-0.2, 0) is 43.4 Å². The largest absolute Gasteiger partial charge is 3.00 e. The van der Waals surface area contributed by atoms with Crippen LogP contribution in [0, 0.1) is 70.8 Å². The fourth-order valence-corrected chi connectivity index (χ4v) is 5.16. The second-order valence-electron chi connectivity index (χ2n) is 12.3. The van der Waals surface area contributed by atoms with E-state index in [0.29, 0.717) is 22.7 Å². The molecule has 4 nitrogen and oxygen atoms in total. The summed E-state index contributed by atoms with van der Waals surface area (Å²) in [5.74, 6) is -5.48. The van der Waals surface area contributed by atoms with E-state index in [1.54, 1.807) is 116 Å². The Kier molecular flexibility index (Phi) is 22.4. The maximum absolute atomic E-state index is 13.1. The van der Waals surface area contributed by atoms with Gasteiger partial charge in [0, 0.05) is 46.5 Å². The normalized spacial score (nSPS) is 9.62. The van der Waals surface area contributed by atoms with Crippen molar-refractivity contribution >= 4 is 0 Å². The monoisotopic (exact) mass is 938 g/mol. The fraction of sp³-hybridized carbons (Fsp3) is 0. The van der Waals surface area contributed by atoms with E-state index in [9.17, 15) is 35.1 Å². The quantitative estimate of drug-likeness (QED) is 0.0952. The minimum Gasteiger partial charge on any atom is -0.375 e. The van der Waals surface area contributed by atoms with E-state index in [1.807, 2.05) is 84.9 Å². The Morgan fingerprint density at radius 1 is 0.281 bits per heavy atom. The van der Waals surface area contributed by atoms with Gasteiger partial charge in [-0.25, -0.2) is 59.4 Å². The number of aromatic nitrogens is 4. The van der Waals surface area contributed by atoms with Crippen LogP contribution in [-0.4, -0.2) is 18.3 Å². The van der Waals surface area contributed by atoms with Crippen molar-refractivity contribution in [3.05, 3.63) is 278 Å². The Morgan fingerprint density at radius 2 is 0.469 bits per heavy atom. The van der Waals surface area contributed by atoms with Gasteiger partial charge in [-0.3, -0.25) is 0 Å². The molecule has 0 atom stereocenters. The standard InChI is InChI=1S/4C10H6F2N.2C5H5.2Ti/c4*11-8-3-4-10(9(12)7-8)13-5-1-2-6-13;2*1-2-4-5-3-1;;/h4*1-6H;2*1-5H;;/q6*-1;2*+3. The van der Waals surface area contributed by atoms with Crippen LogP contribution in [0.25, 0.3) is 22.7 Å². The predicted molar refractivity (Wildman–Crippen MR) is 222 cm³/mol. The van der Waals surface area contributed by atoms with Crippen molar-refractivity contribution in [3.63, 3.8) is 0 Å². The van der Waals surface area contributed by atoms with Crippen LogP contribution >= 0.6 is 0 Å². The first-order valence-corrected chi connectivity index (χ1v) is 18.4. The summed E-state index contributed by atoms with van der Waals surface area (Å²) in [6.45, 7) is 0. The van der Waals surface area contributed by atoms with E-state index in [-0.39, 0.29) is 43.4 Å². The third-order valence-corrected chi connectivity index (χ3v) is 8.01. The van der Waals surface area contributed by atoms with Gasteiger partial charge in [-0.1, -0.05) is 0 Å². The van der Waals surface area contributed by atoms with E-state index >= 15 is 0 Å². The minimum absolute atomic E-state index is 0. The summed E-state index contributed by atoms with van der Waals surface area (Å²) in [4.78, 5) is 0. The summed E-state index contributed by atoms with van der Waals surface area (Å²) in [6.07, 6.45) is 13.5. The zero-order valence-electron chi connectivity index (χ0n) is 33.4. The molecule has 14 heteroatoms. The molecule has 6 aromatic carbocycles. The van der Waals surface area contributed by atoms with Gasteiger partial charge in [0.1, 0.15) is 0 Å². The van der Waals surface area contributed by atoms with Crippen LogP contribution in [0.1, 0.15) is 0 Å². The second-order valence-corrected chi connectivity index (χ2v) is 12.3. The third kappa shape index (κ3) is 16.7. The van der Waals surface area contributed by atoms with E-state index in [1.165, 1.54) is 48.5 Å². The number of hydrogen-bond donors (Lipinski definition) is 0. The molecule has 0 fully saturated rings. The molecule has 0 aliphatic heterocycles. The van der Waals surface area contributed by atoms with Crippen molar-refractivity contribution in [2.75, 3.05) is 0 Å². The molecule has 0 N–H and O–H groups in total. The van der Waals surface area contributed by atoms with Crippen LogP contribution < -0.4 is 0 Å². The summed E-state index contributed by atoms with van der Waals surface area (Å²) < 4.78 is 109. The molecule has 0 amide bonds. The van der Waals surface area contributed by atoms with E-state index in [0.717, 1.165) is 0 Å². The van der Waals surface area contributed by atoms with Gasteiger partial charge in [0.15, 0.2) is 0 Å². The fourth-order valence-electron chi connectivity index (χ4n) is 5.16. The third-order valence-electron chi connectivity index (χ3n) is 8.01. The number of halogens is 8. The van der Waals surface area contributed by atoms with Crippen LogP contribution in [0.2, 0.25) is 0 Å². The van der Waals surface area contributed by atoms with Gasteiger partial charge in [0.05, 0.1) is 0 Å². The molecule has 4 aromatic heterocycles. The molecule has 0 bridgehead atoms. The van der Waals surface area contributed by atoms with Gasteiger partial charge < -0.3 is 18.3 Å². The summed E-state index contributed by atoms with van der Waals surface area (Å²) in [7, 11) is 0. The SMILES string of the molecule is Fc1[c-]c(F)c(-n2cccc2)cc1.Fc1[c-]c(F)c(-n2cccc2)cc1.Fc1[c-]c(F)c(-n2cccc2)cc1.Fc1[c-]c(F)c(-n2cccc2)cc1.[Ti+3].[Ti+3].c1cc[cH-]c1.c1cc[cH-]c1. The van der Waals surface area contributed by atoms with Crippen molar-refractivity contribution in [2.24, 2.45) is 0 Å². The molecule has 10 rings (SSSR count). The summed E-state index contributed by atoms with van der Waals surface area (Å²) in [5, 5.41) is 0. The summed E-state index contributed by atoms with van der Waals surface area (Å²) in [6, 6.07) is 52.2. The number of nitrogens with zero attached hydrogens (tertiary/aromatic N) is 4. The molecule has 318 valence electrons. The Balaban J connectivity index is 0.000000209. The van der Waals surface area contributed by atoms with Crippen molar-refractivity contribution in [2.45, 2.75) is 0 Å². The smallest absolute Gasteiger partial charge is 0.375 e. The molecule has 0 aliphatic carbocycles. The number of hydrogen-bond acceptors (Lipinski definition) is 0. The van der Waals surface area contributed by atoms with Crippen LogP contribution in [0.3, 0.4) is 0 Å². The maximum atomic E-state index is 13.1. The van der Waals surface area contributed by atoms with E-state index < -0.39 is 46.5 Å². The van der Waals surface area contributed by atoms with Crippen molar-refractivity contribution < 1.29 is 78.6 Å². The molecule has 2 radical (unpaired) electrons. The predicted octanol–water partition coefficient (Wildman–Crippen LogP) is 13.0. The number of benzene rings is 4. The van der Waals surface area contributed by atoms with Gasteiger partial charge in [0.2, 0.25) is 0 Å². The Morgan fingerprint density at radius 3 is 0.609 bits per heavy atom. The first-order valence-electron chi connectivity index (χ1n) is 18.4. The van der Waals surface area contributed by atoms with Crippen molar-refractivity contribution in [1.82, 2.24) is 18.3 Å². The summed E-state index contributed by atoms with van der Waals surface area (Å²) >= 11 is 0. The van der Waals surface area contributed by atoms with Crippen molar-refractivity contribution in [1.29, 1.82) is 0 Å². The van der Waals surface area contributed by atoms with Crippen LogP contribution in [0.15, 0.2) is 207 Å². The van der Waals surface area contributed by atoms with Crippen LogP contribution in [0.5, 0.6) is 0 Å². The molecule has 4 heterocycles. The first-order chi connectivity index (χ1) is 30.1. The molecule has 0 aliphatic rings. The van der Waals surface area contributed by atoms with Crippen molar-refractivity contribution in [3.8, 4) is 22.7 Å². The molecule has 0 saturated carbocycles. The maximum Gasteiger partial charge on any atom is 3.00 e. The van der Waals surface area contributed by atoms with Gasteiger partial charge >= 0.3 is 43.4 Å². The molecule has 10 aromatic rings. The van der Waals surface area contributed by atoms with E-state index in [4.69, 9.17) is 0 Å². The zero-order chi connectivity index (χ0) is 44.1. The van der Waals surface area contributed by atoms with Crippen LogP contribution in [0.4, 0.5) is 35.1 Å². The molecular formula is C50H34F8N4Ti2. The topological polar surface area (TPSA) is 19.7 Å². The summed E-state index contributed by atoms with van der Waals surface area (Å²) in [5.41, 5.74) is 1.19. The Hall–Kier alpha value is -6.43. The second kappa shape index (κ2) is 27.6. The average Bonchev–Trinajstić information content (AvgIpc) is 4.11. The number of rotatable bonds is 4. The minimum atomic E-state index is -0.687. The van der Waals surface area contributed by atoms with Gasteiger partial charge in [-0.15, -0.1) is 72.8 Å². The molecule has 0 unspecified atom stereocenters. The molecule has 0 saturated heterocycles. The van der Waals surface area contributed by atoms with Gasteiger partial charge in [0.25, 0.3) is 0 Å². The zero-order valence-corrected chi connectivity index (χ0v) is 36.6. The Bertz CT molecular complexity index is 2330. The van der Waals surface area contributed by atoms with Gasteiger partial charge in [-0.05, 0) is 121 Å². The average molecular weight is 939 g/mol. The molecule has 64 heavy (non-hydrogen) atoms. The van der Waals surface area contributed by atoms with Gasteiger partial charge in [-0.2, -0.15) is 36.4 Å². The Labute approximate surface area is 395 Å². The first kappa shape index (κ1) is 51.9. The molecule has 0 spiro atoms.